The molecule has 0 saturated heterocycles. The van der Waals surface area contributed by atoms with E-state index in [4.69, 9.17) is 0 Å². The van der Waals surface area contributed by atoms with Crippen molar-refractivity contribution in [2.75, 3.05) is 5.32 Å². The lowest BCUT2D eigenvalue weighted by molar-refractivity contribution is 0.0696. The highest BCUT2D eigenvalue weighted by atomic mass is 79.9. The Morgan fingerprint density at radius 1 is 1.17 bits per heavy atom. The monoisotopic (exact) mass is 369 g/mol. The third kappa shape index (κ3) is 2.38. The molecule has 0 radical (unpaired) electrons. The van der Waals surface area contributed by atoms with Crippen LogP contribution >= 0.6 is 15.9 Å². The van der Waals surface area contributed by atoms with Crippen LogP contribution in [0.2, 0.25) is 0 Å². The van der Waals surface area contributed by atoms with Crippen molar-refractivity contribution in [3.05, 3.63) is 75.8 Å². The fourth-order valence-corrected chi connectivity index (χ4v) is 4.29. The normalized spacial score (nSPS) is 24.7. The SMILES string of the molecule is O=C(O)c1ccc2c(c1)C1C=CCC1[C@@H](c1ccccc1Br)N2. The second-order valence-electron chi connectivity index (χ2n) is 6.10. The Balaban J connectivity index is 1.81. The third-order valence-corrected chi connectivity index (χ3v) is 5.57. The summed E-state index contributed by atoms with van der Waals surface area (Å²) in [6.45, 7) is 0. The van der Waals surface area contributed by atoms with Gasteiger partial charge in [0.05, 0.1) is 11.6 Å². The fourth-order valence-electron chi connectivity index (χ4n) is 3.76. The molecule has 2 aromatic carbocycles. The number of carboxylic acids is 1. The molecule has 23 heavy (non-hydrogen) atoms. The number of aromatic carboxylic acids is 1. The molecule has 1 aliphatic carbocycles. The van der Waals surface area contributed by atoms with Crippen LogP contribution in [0, 0.1) is 5.92 Å². The van der Waals surface area contributed by atoms with E-state index in [1.54, 1.807) is 6.07 Å². The molecule has 0 amide bonds. The van der Waals surface area contributed by atoms with Crippen LogP contribution in [0.3, 0.4) is 0 Å². The highest BCUT2D eigenvalue weighted by Gasteiger charge is 2.38. The minimum Gasteiger partial charge on any atom is -0.478 e. The first-order valence-corrected chi connectivity index (χ1v) is 8.49. The average Bonchev–Trinajstić information content (AvgIpc) is 3.04. The Labute approximate surface area is 143 Å². The van der Waals surface area contributed by atoms with Crippen LogP contribution in [0.5, 0.6) is 0 Å². The number of nitrogens with one attached hydrogen (secondary N) is 1. The van der Waals surface area contributed by atoms with Gasteiger partial charge in [-0.1, -0.05) is 46.3 Å². The maximum Gasteiger partial charge on any atom is 0.335 e. The van der Waals surface area contributed by atoms with E-state index < -0.39 is 5.97 Å². The van der Waals surface area contributed by atoms with Crippen molar-refractivity contribution in [2.45, 2.75) is 18.4 Å². The number of carbonyl (C=O) groups is 1. The molecule has 1 heterocycles. The molecular formula is C19H16BrNO2. The van der Waals surface area contributed by atoms with Crippen LogP contribution in [0.4, 0.5) is 5.69 Å². The minimum atomic E-state index is -0.876. The van der Waals surface area contributed by atoms with Crippen molar-refractivity contribution >= 4 is 27.6 Å². The zero-order chi connectivity index (χ0) is 16.0. The summed E-state index contributed by atoms with van der Waals surface area (Å²) in [7, 11) is 0. The van der Waals surface area contributed by atoms with Crippen molar-refractivity contribution < 1.29 is 9.90 Å². The molecule has 1 aliphatic heterocycles. The van der Waals surface area contributed by atoms with Crippen molar-refractivity contribution in [2.24, 2.45) is 5.92 Å². The van der Waals surface area contributed by atoms with Gasteiger partial charge >= 0.3 is 5.97 Å². The zero-order valence-electron chi connectivity index (χ0n) is 12.4. The average molecular weight is 370 g/mol. The summed E-state index contributed by atoms with van der Waals surface area (Å²) in [5.74, 6) is -0.202. The van der Waals surface area contributed by atoms with Crippen molar-refractivity contribution in [3.63, 3.8) is 0 Å². The largest absolute Gasteiger partial charge is 0.478 e. The number of fused-ring (bicyclic) bond motifs is 3. The quantitative estimate of drug-likeness (QED) is 0.734. The van der Waals surface area contributed by atoms with E-state index in [2.05, 4.69) is 51.6 Å². The van der Waals surface area contributed by atoms with Crippen LogP contribution < -0.4 is 5.32 Å². The van der Waals surface area contributed by atoms with Gasteiger partial charge in [-0.2, -0.15) is 0 Å². The molecule has 0 fully saturated rings. The molecule has 2 aromatic rings. The van der Waals surface area contributed by atoms with Crippen LogP contribution in [-0.2, 0) is 0 Å². The summed E-state index contributed by atoms with van der Waals surface area (Å²) in [6.07, 6.45) is 5.43. The maximum absolute atomic E-state index is 11.3. The molecule has 2 unspecified atom stereocenters. The lowest BCUT2D eigenvalue weighted by Crippen LogP contribution is -2.29. The molecule has 2 N–H and O–H groups in total. The molecule has 0 saturated carbocycles. The molecule has 0 spiro atoms. The van der Waals surface area contributed by atoms with Gasteiger partial charge in [-0.3, -0.25) is 0 Å². The molecule has 0 bridgehead atoms. The fraction of sp³-hybridized carbons (Fsp3) is 0.211. The lowest BCUT2D eigenvalue weighted by atomic mass is 9.76. The van der Waals surface area contributed by atoms with Gasteiger partial charge in [0.2, 0.25) is 0 Å². The maximum atomic E-state index is 11.3. The van der Waals surface area contributed by atoms with Crippen molar-refractivity contribution in [3.8, 4) is 0 Å². The summed E-state index contributed by atoms with van der Waals surface area (Å²) in [4.78, 5) is 11.3. The number of carboxylic acid groups (broad SMARTS) is 1. The number of rotatable bonds is 2. The van der Waals surface area contributed by atoms with Crippen molar-refractivity contribution in [1.29, 1.82) is 0 Å². The van der Waals surface area contributed by atoms with E-state index >= 15 is 0 Å². The van der Waals surface area contributed by atoms with E-state index in [0.29, 0.717) is 11.5 Å². The Hall–Kier alpha value is -2.07. The summed E-state index contributed by atoms with van der Waals surface area (Å²) in [5.41, 5.74) is 3.72. The highest BCUT2D eigenvalue weighted by Crippen LogP contribution is 2.50. The van der Waals surface area contributed by atoms with Gasteiger partial charge in [-0.05, 0) is 47.7 Å². The van der Waals surface area contributed by atoms with Gasteiger partial charge in [-0.15, -0.1) is 0 Å². The molecule has 3 atom stereocenters. The number of hydrogen-bond acceptors (Lipinski definition) is 2. The standard InChI is InChI=1S/C19H16BrNO2/c20-16-7-2-1-4-14(16)18-13-6-3-5-12(13)15-10-11(19(22)23)8-9-17(15)21-18/h1-5,7-10,12-13,18,21H,6H2,(H,22,23)/t12?,13?,18-/m0/s1. The predicted octanol–water partition coefficient (Wildman–Crippen LogP) is 4.97. The summed E-state index contributed by atoms with van der Waals surface area (Å²) < 4.78 is 1.11. The first-order valence-electron chi connectivity index (χ1n) is 7.70. The highest BCUT2D eigenvalue weighted by molar-refractivity contribution is 9.10. The topological polar surface area (TPSA) is 49.3 Å². The smallest absolute Gasteiger partial charge is 0.335 e. The lowest BCUT2D eigenvalue weighted by Gasteiger charge is -2.38. The summed E-state index contributed by atoms with van der Waals surface area (Å²) in [6, 6.07) is 13.9. The number of halogens is 1. The third-order valence-electron chi connectivity index (χ3n) is 4.85. The van der Waals surface area contributed by atoms with Crippen LogP contribution in [0.15, 0.2) is 59.1 Å². The predicted molar refractivity (Wildman–Crippen MR) is 93.9 cm³/mol. The molecular weight excluding hydrogens is 354 g/mol. The van der Waals surface area contributed by atoms with E-state index in [1.165, 1.54) is 5.56 Å². The molecule has 4 heteroatoms. The van der Waals surface area contributed by atoms with Crippen molar-refractivity contribution in [1.82, 2.24) is 0 Å². The van der Waals surface area contributed by atoms with Gasteiger partial charge < -0.3 is 10.4 Å². The van der Waals surface area contributed by atoms with E-state index in [0.717, 1.165) is 22.1 Å². The minimum absolute atomic E-state index is 0.216. The molecule has 0 aromatic heterocycles. The van der Waals surface area contributed by atoms with E-state index in [1.807, 2.05) is 18.2 Å². The van der Waals surface area contributed by atoms with Crippen LogP contribution in [0.25, 0.3) is 0 Å². The Morgan fingerprint density at radius 3 is 2.78 bits per heavy atom. The number of benzene rings is 2. The molecule has 2 aliphatic rings. The van der Waals surface area contributed by atoms with E-state index in [-0.39, 0.29) is 12.0 Å². The van der Waals surface area contributed by atoms with Gasteiger partial charge in [0, 0.05) is 16.1 Å². The molecule has 3 nitrogen and oxygen atoms in total. The number of anilines is 1. The van der Waals surface area contributed by atoms with Gasteiger partial charge in [-0.25, -0.2) is 4.79 Å². The second kappa shape index (κ2) is 5.53. The Kier molecular flexibility index (Phi) is 3.49. The number of allylic oxidation sites excluding steroid dienone is 2. The van der Waals surface area contributed by atoms with Gasteiger partial charge in [0.15, 0.2) is 0 Å². The van der Waals surface area contributed by atoms with Crippen LogP contribution in [0.1, 0.15) is 39.9 Å². The first kappa shape index (κ1) is 14.5. The van der Waals surface area contributed by atoms with E-state index in [9.17, 15) is 9.90 Å². The van der Waals surface area contributed by atoms with Crippen LogP contribution in [-0.4, -0.2) is 11.1 Å². The second-order valence-corrected chi connectivity index (χ2v) is 6.96. The first-order chi connectivity index (χ1) is 11.1. The Bertz CT molecular complexity index is 815. The van der Waals surface area contributed by atoms with Gasteiger partial charge in [0.25, 0.3) is 0 Å². The molecule has 4 rings (SSSR count). The molecule has 116 valence electrons. The summed E-state index contributed by atoms with van der Waals surface area (Å²) >= 11 is 3.66. The Morgan fingerprint density at radius 2 is 2.00 bits per heavy atom. The number of hydrogen-bond donors (Lipinski definition) is 2. The summed E-state index contributed by atoms with van der Waals surface area (Å²) in [5, 5.41) is 12.9. The zero-order valence-corrected chi connectivity index (χ0v) is 14.0. The van der Waals surface area contributed by atoms with Gasteiger partial charge in [0.1, 0.15) is 0 Å².